The summed E-state index contributed by atoms with van der Waals surface area (Å²) in [6.45, 7) is 4.89. The number of carbonyl (C=O) groups is 1. The number of hydrogen-bond acceptors (Lipinski definition) is 5. The van der Waals surface area contributed by atoms with Crippen LogP contribution in [-0.4, -0.2) is 41.0 Å². The Balaban J connectivity index is 1.47. The second-order valence-electron chi connectivity index (χ2n) is 10.2. The molecule has 0 aliphatic carbocycles. The van der Waals surface area contributed by atoms with Crippen LogP contribution in [0.25, 0.3) is 11.4 Å². The third-order valence-corrected chi connectivity index (χ3v) is 9.57. The number of sulfonamides is 1. The second-order valence-corrected chi connectivity index (χ2v) is 12.9. The van der Waals surface area contributed by atoms with Gasteiger partial charge in [0.2, 0.25) is 0 Å². The Morgan fingerprint density at radius 3 is 2.20 bits per heavy atom. The van der Waals surface area contributed by atoms with Crippen molar-refractivity contribution >= 4 is 43.8 Å². The number of aryl methyl sites for hydroxylation is 1. The van der Waals surface area contributed by atoms with Gasteiger partial charge in [-0.2, -0.15) is 5.10 Å². The number of halogens is 1. The van der Waals surface area contributed by atoms with Gasteiger partial charge in [-0.1, -0.05) is 58.4 Å². The first-order valence-electron chi connectivity index (χ1n) is 13.7. The summed E-state index contributed by atoms with van der Waals surface area (Å²) < 4.78 is 34.6. The van der Waals surface area contributed by atoms with Crippen LogP contribution < -0.4 is 15.3 Å². The molecule has 2 heterocycles. The van der Waals surface area contributed by atoms with E-state index >= 15 is 0 Å². The highest BCUT2D eigenvalue weighted by atomic mass is 79.9. The molecule has 0 bridgehead atoms. The standard InChI is InChI=1S/C32H31BrN6O4S/c1-22-18-25(23(2)38(22)28-15-11-12-26(33)19-28)20-34-35-30(40)21-37(44(42,43)29-16-9-6-10-17-29)31-24(3)36(4)39(32(31)41)27-13-7-5-8-14-27/h5-20H,21H2,1-4H3,(H,35,40)/b34-20+. The van der Waals surface area contributed by atoms with Crippen LogP contribution in [0, 0.1) is 20.8 Å². The van der Waals surface area contributed by atoms with E-state index in [1.807, 2.05) is 50.2 Å². The van der Waals surface area contributed by atoms with Gasteiger partial charge in [0.25, 0.3) is 21.5 Å². The van der Waals surface area contributed by atoms with Crippen LogP contribution in [0.1, 0.15) is 22.6 Å². The SMILES string of the molecule is Cc1cc(/C=N/NC(=O)CN(c2c(C)n(C)n(-c3ccccc3)c2=O)S(=O)(=O)c2ccccc2)c(C)n1-c1cccc(Br)c1. The smallest absolute Gasteiger partial charge is 0.296 e. The van der Waals surface area contributed by atoms with Crippen molar-refractivity contribution in [2.75, 3.05) is 10.8 Å². The van der Waals surface area contributed by atoms with Crippen molar-refractivity contribution in [1.82, 2.24) is 19.4 Å². The first-order valence-corrected chi connectivity index (χ1v) is 15.9. The van der Waals surface area contributed by atoms with E-state index in [2.05, 4.69) is 31.0 Å². The fourth-order valence-electron chi connectivity index (χ4n) is 5.12. The number of nitrogens with one attached hydrogen (secondary N) is 1. The summed E-state index contributed by atoms with van der Waals surface area (Å²) in [4.78, 5) is 27.0. The van der Waals surface area contributed by atoms with Crippen LogP contribution >= 0.6 is 15.9 Å². The highest BCUT2D eigenvalue weighted by Gasteiger charge is 2.33. The van der Waals surface area contributed by atoms with Gasteiger partial charge in [-0.05, 0) is 69.3 Å². The first kappa shape index (κ1) is 30.8. The third-order valence-electron chi connectivity index (χ3n) is 7.32. The molecule has 5 aromatic rings. The number of para-hydroxylation sites is 1. The molecule has 3 aromatic carbocycles. The van der Waals surface area contributed by atoms with Gasteiger partial charge in [0.15, 0.2) is 0 Å². The van der Waals surface area contributed by atoms with Gasteiger partial charge in [-0.3, -0.25) is 14.3 Å². The molecular formula is C32H31BrN6O4S. The number of anilines is 1. The van der Waals surface area contributed by atoms with Crippen LogP contribution in [0.5, 0.6) is 0 Å². The molecule has 226 valence electrons. The summed E-state index contributed by atoms with van der Waals surface area (Å²) in [6.07, 6.45) is 1.51. The Hall–Kier alpha value is -4.68. The van der Waals surface area contributed by atoms with Crippen molar-refractivity contribution in [3.05, 3.63) is 128 Å². The molecule has 12 heteroatoms. The van der Waals surface area contributed by atoms with Crippen LogP contribution in [0.15, 0.2) is 110 Å². The van der Waals surface area contributed by atoms with Gasteiger partial charge in [-0.15, -0.1) is 0 Å². The number of carbonyl (C=O) groups excluding carboxylic acids is 1. The van der Waals surface area contributed by atoms with Crippen molar-refractivity contribution in [2.45, 2.75) is 25.7 Å². The average molecular weight is 676 g/mol. The molecule has 0 unspecified atom stereocenters. The van der Waals surface area contributed by atoms with E-state index in [4.69, 9.17) is 0 Å². The quantitative estimate of drug-likeness (QED) is 0.175. The number of rotatable bonds is 9. The largest absolute Gasteiger partial charge is 0.318 e. The Morgan fingerprint density at radius 1 is 0.909 bits per heavy atom. The van der Waals surface area contributed by atoms with E-state index in [1.54, 1.807) is 61.1 Å². The van der Waals surface area contributed by atoms with Crippen molar-refractivity contribution < 1.29 is 13.2 Å². The highest BCUT2D eigenvalue weighted by Crippen LogP contribution is 2.26. The van der Waals surface area contributed by atoms with E-state index in [-0.39, 0.29) is 10.6 Å². The maximum Gasteiger partial charge on any atom is 0.296 e. The zero-order valence-electron chi connectivity index (χ0n) is 24.6. The van der Waals surface area contributed by atoms with Crippen LogP contribution in [0.4, 0.5) is 5.69 Å². The highest BCUT2D eigenvalue weighted by molar-refractivity contribution is 9.10. The molecule has 10 nitrogen and oxygen atoms in total. The summed E-state index contributed by atoms with van der Waals surface area (Å²) in [5.41, 5.74) is 6.30. The van der Waals surface area contributed by atoms with Crippen molar-refractivity contribution in [2.24, 2.45) is 12.1 Å². The molecule has 1 amide bonds. The molecule has 0 fully saturated rings. The van der Waals surface area contributed by atoms with Crippen LogP contribution in [-0.2, 0) is 21.9 Å². The lowest BCUT2D eigenvalue weighted by Gasteiger charge is -2.22. The summed E-state index contributed by atoms with van der Waals surface area (Å²) in [6, 6.07) is 26.4. The molecule has 0 aliphatic heterocycles. The van der Waals surface area contributed by atoms with Crippen molar-refractivity contribution in [1.29, 1.82) is 0 Å². The normalized spacial score (nSPS) is 11.7. The van der Waals surface area contributed by atoms with E-state index in [0.29, 0.717) is 11.4 Å². The molecule has 0 spiro atoms. The van der Waals surface area contributed by atoms with E-state index in [9.17, 15) is 18.0 Å². The number of aromatic nitrogens is 3. The van der Waals surface area contributed by atoms with Crippen molar-refractivity contribution in [3.63, 3.8) is 0 Å². The Labute approximate surface area is 264 Å². The number of benzene rings is 3. The third kappa shape index (κ3) is 5.90. The van der Waals surface area contributed by atoms with Gasteiger partial charge in [0.05, 0.1) is 22.5 Å². The molecular weight excluding hydrogens is 644 g/mol. The molecule has 0 saturated heterocycles. The second kappa shape index (κ2) is 12.5. The number of hydrazone groups is 1. The molecule has 0 aliphatic rings. The Morgan fingerprint density at radius 2 is 1.55 bits per heavy atom. The van der Waals surface area contributed by atoms with Crippen molar-refractivity contribution in [3.8, 4) is 11.4 Å². The topological polar surface area (TPSA) is 111 Å². The Kier molecular flexibility index (Phi) is 8.75. The fourth-order valence-corrected chi connectivity index (χ4v) is 7.00. The predicted molar refractivity (Wildman–Crippen MR) is 175 cm³/mol. The predicted octanol–water partition coefficient (Wildman–Crippen LogP) is 5.00. The molecule has 44 heavy (non-hydrogen) atoms. The van der Waals surface area contributed by atoms with Gasteiger partial charge < -0.3 is 4.57 Å². The summed E-state index contributed by atoms with van der Waals surface area (Å²) in [5, 5.41) is 4.13. The minimum Gasteiger partial charge on any atom is -0.318 e. The zero-order chi connectivity index (χ0) is 31.6. The molecule has 0 saturated carbocycles. The molecule has 5 rings (SSSR count). The molecule has 0 atom stereocenters. The Bertz CT molecular complexity index is 2030. The van der Waals surface area contributed by atoms with Crippen LogP contribution in [0.2, 0.25) is 0 Å². The lowest BCUT2D eigenvalue weighted by atomic mass is 10.2. The summed E-state index contributed by atoms with van der Waals surface area (Å²) >= 11 is 3.51. The zero-order valence-corrected chi connectivity index (χ0v) is 27.0. The maximum atomic E-state index is 13.9. The van der Waals surface area contributed by atoms with Gasteiger partial charge in [0, 0.05) is 34.2 Å². The lowest BCUT2D eigenvalue weighted by Crippen LogP contribution is -2.42. The fraction of sp³-hybridized carbons (Fsp3) is 0.156. The molecule has 1 N–H and O–H groups in total. The lowest BCUT2D eigenvalue weighted by molar-refractivity contribution is -0.119. The first-order chi connectivity index (χ1) is 21.0. The van der Waals surface area contributed by atoms with E-state index in [0.717, 1.165) is 31.4 Å². The monoisotopic (exact) mass is 674 g/mol. The van der Waals surface area contributed by atoms with Gasteiger partial charge in [-0.25, -0.2) is 22.8 Å². The average Bonchev–Trinajstić information content (AvgIpc) is 3.41. The van der Waals surface area contributed by atoms with E-state index in [1.165, 1.54) is 23.0 Å². The summed E-state index contributed by atoms with van der Waals surface area (Å²) in [7, 11) is -2.65. The minimum atomic E-state index is -4.31. The number of amides is 1. The van der Waals surface area contributed by atoms with Gasteiger partial charge >= 0.3 is 0 Å². The number of nitrogens with zero attached hydrogens (tertiary/aromatic N) is 5. The maximum absolute atomic E-state index is 13.9. The van der Waals surface area contributed by atoms with Crippen LogP contribution in [0.3, 0.4) is 0 Å². The minimum absolute atomic E-state index is 0.0507. The van der Waals surface area contributed by atoms with E-state index < -0.39 is 28.0 Å². The molecule has 0 radical (unpaired) electrons. The number of hydrogen-bond donors (Lipinski definition) is 1. The van der Waals surface area contributed by atoms with Gasteiger partial charge in [0.1, 0.15) is 12.2 Å². The summed E-state index contributed by atoms with van der Waals surface area (Å²) in [5.74, 6) is -0.713. The molecule has 2 aromatic heterocycles.